The van der Waals surface area contributed by atoms with Crippen molar-refractivity contribution >= 4 is 34.4 Å². The highest BCUT2D eigenvalue weighted by molar-refractivity contribution is 5.87. The van der Waals surface area contributed by atoms with Gasteiger partial charge in [-0.3, -0.25) is 14.4 Å². The lowest BCUT2D eigenvalue weighted by atomic mass is 10.1. The van der Waals surface area contributed by atoms with E-state index in [9.17, 15) is 14.4 Å². The van der Waals surface area contributed by atoms with Crippen LogP contribution < -0.4 is 4.90 Å². The number of nitrogens with one attached hydrogen (secondary N) is 1. The highest BCUT2D eigenvalue weighted by Gasteiger charge is 2.24. The topological polar surface area (TPSA) is 86.0 Å². The zero-order valence-electron chi connectivity index (χ0n) is 23.2. The maximum Gasteiger partial charge on any atom is 0.306 e. The van der Waals surface area contributed by atoms with Crippen molar-refractivity contribution in [3.05, 3.63) is 65.9 Å². The Bertz CT molecular complexity index is 1220. The third-order valence-corrected chi connectivity index (χ3v) is 6.60. The molecule has 0 aliphatic rings. The molecule has 0 unspecified atom stereocenters. The zero-order valence-corrected chi connectivity index (χ0v) is 23.2. The Kier molecular flexibility index (Phi) is 10.3. The van der Waals surface area contributed by atoms with Gasteiger partial charge in [-0.25, -0.2) is 0 Å². The van der Waals surface area contributed by atoms with E-state index in [4.69, 9.17) is 4.74 Å². The van der Waals surface area contributed by atoms with Gasteiger partial charge < -0.3 is 24.4 Å². The molecule has 1 aromatic heterocycles. The monoisotopic (exact) mass is 520 g/mol. The van der Waals surface area contributed by atoms with Gasteiger partial charge in [-0.1, -0.05) is 30.3 Å². The summed E-state index contributed by atoms with van der Waals surface area (Å²) in [5.41, 5.74) is 4.32. The first-order valence-corrected chi connectivity index (χ1v) is 13.2. The number of aromatic nitrogens is 1. The van der Waals surface area contributed by atoms with Crippen LogP contribution in [0.2, 0.25) is 0 Å². The molecule has 0 fully saturated rings. The molecule has 1 heterocycles. The number of benzene rings is 2. The van der Waals surface area contributed by atoms with Crippen molar-refractivity contribution in [2.75, 3.05) is 38.7 Å². The molecule has 0 aliphatic heterocycles. The number of fused-ring (bicyclic) bond motifs is 1. The smallest absolute Gasteiger partial charge is 0.306 e. The van der Waals surface area contributed by atoms with Crippen molar-refractivity contribution in [2.24, 2.45) is 0 Å². The van der Waals surface area contributed by atoms with Crippen molar-refractivity contribution in [1.29, 1.82) is 0 Å². The van der Waals surface area contributed by atoms with Crippen molar-refractivity contribution in [1.82, 2.24) is 14.8 Å². The molecule has 0 saturated heterocycles. The van der Waals surface area contributed by atoms with Crippen LogP contribution in [0.15, 0.2) is 54.7 Å². The molecule has 2 amide bonds. The Hall–Kier alpha value is -3.81. The first-order valence-electron chi connectivity index (χ1n) is 13.2. The number of rotatable bonds is 13. The first-order chi connectivity index (χ1) is 18.2. The summed E-state index contributed by atoms with van der Waals surface area (Å²) in [7, 11) is 3.98. The highest BCUT2D eigenvalue weighted by Crippen LogP contribution is 2.20. The van der Waals surface area contributed by atoms with Crippen LogP contribution in [0.4, 0.5) is 5.69 Å². The number of ether oxygens (including phenoxy) is 1. The molecule has 1 N–H and O–H groups in total. The molecule has 3 aromatic rings. The van der Waals surface area contributed by atoms with Crippen LogP contribution in [-0.4, -0.2) is 72.4 Å². The fourth-order valence-corrected chi connectivity index (χ4v) is 4.40. The second kappa shape index (κ2) is 13.7. The van der Waals surface area contributed by atoms with E-state index in [0.717, 1.165) is 27.7 Å². The Labute approximate surface area is 225 Å². The van der Waals surface area contributed by atoms with Gasteiger partial charge in [-0.2, -0.15) is 0 Å². The van der Waals surface area contributed by atoms with E-state index in [1.54, 1.807) is 11.8 Å². The molecule has 0 bridgehead atoms. The van der Waals surface area contributed by atoms with Crippen LogP contribution in [0.3, 0.4) is 0 Å². The number of anilines is 1. The van der Waals surface area contributed by atoms with E-state index in [2.05, 4.69) is 11.1 Å². The van der Waals surface area contributed by atoms with Gasteiger partial charge in [-0.05, 0) is 56.5 Å². The predicted octanol–water partition coefficient (Wildman–Crippen LogP) is 4.39. The minimum absolute atomic E-state index is 0.00653. The summed E-state index contributed by atoms with van der Waals surface area (Å²) in [4.78, 5) is 47.0. The van der Waals surface area contributed by atoms with Gasteiger partial charge >= 0.3 is 5.97 Å². The fraction of sp³-hybridized carbons (Fsp3) is 0.433. The molecule has 3 rings (SSSR count). The average Bonchev–Trinajstić information content (AvgIpc) is 3.31. The van der Waals surface area contributed by atoms with Crippen molar-refractivity contribution in [3.63, 3.8) is 0 Å². The van der Waals surface area contributed by atoms with E-state index in [-0.39, 0.29) is 43.8 Å². The quantitative estimate of drug-likeness (QED) is 0.338. The average molecular weight is 521 g/mol. The van der Waals surface area contributed by atoms with Crippen molar-refractivity contribution < 1.29 is 19.1 Å². The van der Waals surface area contributed by atoms with Crippen molar-refractivity contribution in [2.45, 2.75) is 52.6 Å². The van der Waals surface area contributed by atoms with Crippen LogP contribution in [0.25, 0.3) is 10.9 Å². The first kappa shape index (κ1) is 28.8. The van der Waals surface area contributed by atoms with Crippen LogP contribution in [0.5, 0.6) is 0 Å². The molecular formula is C30H40N4O4. The molecule has 0 aliphatic carbocycles. The molecule has 38 heavy (non-hydrogen) atoms. The number of H-pyrrole nitrogens is 1. The number of nitrogens with zero attached hydrogens (tertiary/aromatic N) is 3. The normalized spacial score (nSPS) is 11.0. The highest BCUT2D eigenvalue weighted by atomic mass is 16.5. The predicted molar refractivity (Wildman–Crippen MR) is 151 cm³/mol. The Morgan fingerprint density at radius 3 is 2.32 bits per heavy atom. The van der Waals surface area contributed by atoms with Gasteiger partial charge in [0.25, 0.3) is 0 Å². The summed E-state index contributed by atoms with van der Waals surface area (Å²) >= 11 is 0. The molecular weight excluding hydrogens is 480 g/mol. The molecule has 2 aromatic carbocycles. The maximum atomic E-state index is 13.6. The van der Waals surface area contributed by atoms with Crippen molar-refractivity contribution in [3.8, 4) is 0 Å². The summed E-state index contributed by atoms with van der Waals surface area (Å²) in [5, 5.41) is 1.15. The molecule has 0 atom stereocenters. The van der Waals surface area contributed by atoms with Crippen LogP contribution >= 0.6 is 0 Å². The number of esters is 1. The van der Waals surface area contributed by atoms with E-state index >= 15 is 0 Å². The Morgan fingerprint density at radius 2 is 1.66 bits per heavy atom. The van der Waals surface area contributed by atoms with E-state index in [0.29, 0.717) is 19.5 Å². The minimum atomic E-state index is -0.405. The Balaban J connectivity index is 1.76. The Morgan fingerprint density at radius 1 is 0.947 bits per heavy atom. The lowest BCUT2D eigenvalue weighted by Gasteiger charge is -2.30. The number of hydrogen-bond donors (Lipinski definition) is 1. The lowest BCUT2D eigenvalue weighted by molar-refractivity contribution is -0.147. The number of amides is 2. The molecule has 8 nitrogen and oxygen atoms in total. The van der Waals surface area contributed by atoms with Gasteiger partial charge in [0.05, 0.1) is 19.6 Å². The van der Waals surface area contributed by atoms with Gasteiger partial charge in [0, 0.05) is 62.4 Å². The van der Waals surface area contributed by atoms with Gasteiger partial charge in [0.2, 0.25) is 11.8 Å². The van der Waals surface area contributed by atoms with E-state index in [1.807, 2.05) is 86.4 Å². The zero-order chi connectivity index (χ0) is 27.7. The SMILES string of the molecule is CCOC(=O)CCC(=O)N(CC(=O)N(CCc1c[nH]c2ccccc12)Cc1ccc(N(C)C)cc1)C(C)C. The summed E-state index contributed by atoms with van der Waals surface area (Å²) in [5.74, 6) is -0.759. The third kappa shape index (κ3) is 7.84. The molecule has 0 radical (unpaired) electrons. The summed E-state index contributed by atoms with van der Waals surface area (Å²) < 4.78 is 4.95. The summed E-state index contributed by atoms with van der Waals surface area (Å²) in [6.07, 6.45) is 2.71. The second-order valence-electron chi connectivity index (χ2n) is 9.91. The molecule has 204 valence electrons. The number of para-hydroxylation sites is 1. The number of carbonyl (C=O) groups is 3. The molecule has 0 spiro atoms. The van der Waals surface area contributed by atoms with E-state index < -0.39 is 5.97 Å². The van der Waals surface area contributed by atoms with Gasteiger partial charge in [-0.15, -0.1) is 0 Å². The van der Waals surface area contributed by atoms with Crippen LogP contribution in [0, 0.1) is 0 Å². The van der Waals surface area contributed by atoms with Gasteiger partial charge in [0.15, 0.2) is 0 Å². The summed E-state index contributed by atoms with van der Waals surface area (Å²) in [6.45, 7) is 6.69. The van der Waals surface area contributed by atoms with Crippen LogP contribution in [-0.2, 0) is 32.1 Å². The maximum absolute atomic E-state index is 13.6. The second-order valence-corrected chi connectivity index (χ2v) is 9.91. The third-order valence-electron chi connectivity index (χ3n) is 6.60. The van der Waals surface area contributed by atoms with Crippen LogP contribution in [0.1, 0.15) is 44.7 Å². The number of hydrogen-bond acceptors (Lipinski definition) is 5. The summed E-state index contributed by atoms with van der Waals surface area (Å²) in [6, 6.07) is 16.1. The standard InChI is InChI=1S/C30H40N4O4/c1-6-38-30(37)16-15-28(35)34(22(2)3)21-29(36)33(20-23-11-13-25(14-12-23)32(4)5)18-17-24-19-31-27-10-8-7-9-26(24)27/h7-14,19,22,31H,6,15-18,20-21H2,1-5H3. The largest absolute Gasteiger partial charge is 0.466 e. The molecule has 8 heteroatoms. The number of carbonyl (C=O) groups excluding carboxylic acids is 3. The fourth-order valence-electron chi connectivity index (χ4n) is 4.40. The number of aromatic amines is 1. The van der Waals surface area contributed by atoms with Gasteiger partial charge in [0.1, 0.15) is 0 Å². The minimum Gasteiger partial charge on any atom is -0.466 e. The lowest BCUT2D eigenvalue weighted by Crippen LogP contribution is -2.46. The van der Waals surface area contributed by atoms with E-state index in [1.165, 1.54) is 0 Å². The molecule has 0 saturated carbocycles.